The van der Waals surface area contributed by atoms with E-state index in [1.807, 2.05) is 30.3 Å². The molecule has 0 unspecified atom stereocenters. The normalized spacial score (nSPS) is 15.6. The maximum Gasteiger partial charge on any atom is 0.306 e. The second-order valence-corrected chi connectivity index (χ2v) is 19.3. The average molecular weight is 912 g/mol. The third kappa shape index (κ3) is 11.6. The van der Waals surface area contributed by atoms with Crippen LogP contribution in [0.3, 0.4) is 0 Å². The maximum atomic E-state index is 13.0. The van der Waals surface area contributed by atoms with Gasteiger partial charge < -0.3 is 19.9 Å². The standard InChI is InChI=1S/C60H70N4O4/c1-7-8-23-41-63-50-38-36-46-28-19-21-30-48(46)57(50)59(2,3)52(63)32-16-10-9-11-17-33-53-60(4,5)58-49-31-22-20-29-47(49)37-39-51(58)64(53)42-24-13-18-34-55(66)62(6)43-54(65)61-40-25-35-56(67)68-44-45-26-14-12-15-27-45/h9-12,14-17,19-22,26-33,36-39H,7-8,13,18,23-25,34-35,40-44H2,1-6H3/p+1. The molecule has 0 aliphatic carbocycles. The molecule has 68 heavy (non-hydrogen) atoms. The fraction of sp³-hybridized carbons (Fsp3) is 0.367. The predicted octanol–water partition coefficient (Wildman–Crippen LogP) is 12.6. The molecule has 8 heteroatoms. The van der Waals surface area contributed by atoms with Crippen LogP contribution in [0.25, 0.3) is 21.5 Å². The zero-order chi connectivity index (χ0) is 48.1. The molecular formula is C60H71N4O4+. The first-order valence-corrected chi connectivity index (χ1v) is 24.8. The van der Waals surface area contributed by atoms with Gasteiger partial charge in [-0.1, -0.05) is 149 Å². The van der Waals surface area contributed by atoms with Crippen LogP contribution in [0.15, 0.2) is 151 Å². The van der Waals surface area contributed by atoms with E-state index in [1.165, 1.54) is 73.2 Å². The molecule has 0 atom stereocenters. The van der Waals surface area contributed by atoms with Gasteiger partial charge in [-0.3, -0.25) is 14.4 Å². The molecule has 0 spiro atoms. The highest BCUT2D eigenvalue weighted by Crippen LogP contribution is 2.51. The lowest BCUT2D eigenvalue weighted by Crippen LogP contribution is -2.38. The first-order chi connectivity index (χ1) is 32.9. The van der Waals surface area contributed by atoms with Crippen LogP contribution in [0.5, 0.6) is 0 Å². The summed E-state index contributed by atoms with van der Waals surface area (Å²) in [7, 11) is 1.67. The van der Waals surface area contributed by atoms with E-state index >= 15 is 0 Å². The van der Waals surface area contributed by atoms with Gasteiger partial charge >= 0.3 is 5.97 Å². The Labute approximate surface area is 404 Å². The van der Waals surface area contributed by atoms with Gasteiger partial charge in [0.2, 0.25) is 17.5 Å². The fourth-order valence-electron chi connectivity index (χ4n) is 10.1. The van der Waals surface area contributed by atoms with E-state index in [1.54, 1.807) is 7.05 Å². The number of unbranched alkanes of at least 4 members (excludes halogenated alkanes) is 4. The van der Waals surface area contributed by atoms with Crippen molar-refractivity contribution in [3.05, 3.63) is 168 Å². The molecular weight excluding hydrogens is 841 g/mol. The minimum atomic E-state index is -0.300. The molecule has 0 saturated carbocycles. The van der Waals surface area contributed by atoms with Crippen molar-refractivity contribution in [3.8, 4) is 0 Å². The van der Waals surface area contributed by atoms with E-state index < -0.39 is 0 Å². The molecule has 0 radical (unpaired) electrons. The number of nitrogens with one attached hydrogen (secondary N) is 1. The smallest absolute Gasteiger partial charge is 0.306 e. The van der Waals surface area contributed by atoms with E-state index in [-0.39, 0.29) is 48.2 Å². The van der Waals surface area contributed by atoms with Crippen molar-refractivity contribution >= 4 is 56.4 Å². The molecule has 0 aromatic heterocycles. The Morgan fingerprint density at radius 2 is 1.37 bits per heavy atom. The summed E-state index contributed by atoms with van der Waals surface area (Å²) in [6, 6.07) is 36.1. The highest BCUT2D eigenvalue weighted by Gasteiger charge is 2.45. The van der Waals surface area contributed by atoms with Crippen molar-refractivity contribution in [2.45, 2.75) is 110 Å². The molecule has 7 rings (SSSR count). The summed E-state index contributed by atoms with van der Waals surface area (Å²) in [5.41, 5.74) is 8.52. The number of fused-ring (bicyclic) bond motifs is 6. The number of carbonyl (C=O) groups is 3. The number of esters is 1. The number of benzene rings is 5. The van der Waals surface area contributed by atoms with E-state index in [0.29, 0.717) is 19.4 Å². The molecule has 1 N–H and O–H groups in total. The number of rotatable bonds is 22. The number of hydrogen-bond acceptors (Lipinski definition) is 5. The molecule has 2 amide bonds. The van der Waals surface area contributed by atoms with Crippen molar-refractivity contribution in [1.29, 1.82) is 0 Å². The lowest BCUT2D eigenvalue weighted by atomic mass is 9.79. The fourth-order valence-corrected chi connectivity index (χ4v) is 10.1. The first-order valence-electron chi connectivity index (χ1n) is 24.8. The van der Waals surface area contributed by atoms with Gasteiger partial charge in [-0.25, -0.2) is 0 Å². The van der Waals surface area contributed by atoms with Crippen molar-refractivity contribution < 1.29 is 23.7 Å². The maximum absolute atomic E-state index is 13.0. The number of anilines is 1. The lowest BCUT2D eigenvalue weighted by molar-refractivity contribution is -0.438. The van der Waals surface area contributed by atoms with Gasteiger partial charge in [-0.05, 0) is 90.4 Å². The van der Waals surface area contributed by atoms with Crippen molar-refractivity contribution in [2.75, 3.05) is 38.1 Å². The summed E-state index contributed by atoms with van der Waals surface area (Å²) in [6.45, 7) is 14.1. The molecule has 0 saturated heterocycles. The number of hydrogen-bond donors (Lipinski definition) is 1. The predicted molar refractivity (Wildman–Crippen MR) is 281 cm³/mol. The third-order valence-corrected chi connectivity index (χ3v) is 13.6. The quantitative estimate of drug-likeness (QED) is 0.0324. The Bertz CT molecular complexity index is 2740. The summed E-state index contributed by atoms with van der Waals surface area (Å²) in [5.74, 6) is -0.587. The van der Waals surface area contributed by atoms with Crippen molar-refractivity contribution in [2.24, 2.45) is 0 Å². The van der Waals surface area contributed by atoms with E-state index in [0.717, 1.165) is 44.3 Å². The molecule has 0 bridgehead atoms. The number of likely N-dealkylation sites (N-methyl/N-ethyl adjacent to an activating group) is 1. The lowest BCUT2D eigenvalue weighted by Gasteiger charge is -2.27. The number of ether oxygens (including phenoxy) is 1. The van der Waals surface area contributed by atoms with Gasteiger partial charge in [0.25, 0.3) is 0 Å². The van der Waals surface area contributed by atoms with Gasteiger partial charge in [0.1, 0.15) is 13.2 Å². The number of carbonyl (C=O) groups excluding carboxylic acids is 3. The molecule has 0 fully saturated rings. The Morgan fingerprint density at radius 1 is 0.691 bits per heavy atom. The molecule has 5 aromatic carbocycles. The summed E-state index contributed by atoms with van der Waals surface area (Å²) >= 11 is 0. The minimum absolute atomic E-state index is 0.0140. The summed E-state index contributed by atoms with van der Waals surface area (Å²) < 4.78 is 7.87. The van der Waals surface area contributed by atoms with Gasteiger partial charge in [0.05, 0.1) is 12.0 Å². The number of nitrogens with zero attached hydrogens (tertiary/aromatic N) is 3. The molecule has 354 valence electrons. The highest BCUT2D eigenvalue weighted by atomic mass is 16.5. The monoisotopic (exact) mass is 912 g/mol. The first kappa shape index (κ1) is 49.4. The second-order valence-electron chi connectivity index (χ2n) is 19.3. The van der Waals surface area contributed by atoms with Crippen LogP contribution in [-0.4, -0.2) is 66.2 Å². The number of allylic oxidation sites excluding steroid dienone is 8. The van der Waals surface area contributed by atoms with Gasteiger partial charge in [0, 0.05) is 73.9 Å². The van der Waals surface area contributed by atoms with E-state index in [4.69, 9.17) is 4.74 Å². The Morgan fingerprint density at radius 3 is 2.12 bits per heavy atom. The Hall–Kier alpha value is -6.54. The molecule has 2 heterocycles. The Balaban J connectivity index is 0.939. The zero-order valence-corrected chi connectivity index (χ0v) is 41.2. The second kappa shape index (κ2) is 23.0. The third-order valence-electron chi connectivity index (χ3n) is 13.6. The summed E-state index contributed by atoms with van der Waals surface area (Å²) in [6.07, 6.45) is 22.5. The van der Waals surface area contributed by atoms with Gasteiger partial charge in [-0.2, -0.15) is 4.58 Å². The van der Waals surface area contributed by atoms with Crippen molar-refractivity contribution in [3.63, 3.8) is 0 Å². The number of amides is 2. The highest BCUT2D eigenvalue weighted by molar-refractivity contribution is 6.07. The van der Waals surface area contributed by atoms with Crippen LogP contribution in [0.4, 0.5) is 11.4 Å². The van der Waals surface area contributed by atoms with Gasteiger partial charge in [0.15, 0.2) is 5.71 Å². The topological polar surface area (TPSA) is 82.0 Å². The Kier molecular flexibility index (Phi) is 16.7. The SMILES string of the molecule is CCCCC[N+]1=C(/C=C/C=C/C=C/C=C2\N(CCCCCC(=O)N(C)CC(=O)NCCCC(=O)OCc3ccccc3)c3ccc4ccccc4c3C2(C)C)C(C)(C)c2c1ccc1ccccc21. The van der Waals surface area contributed by atoms with Crippen LogP contribution in [0, 0.1) is 0 Å². The van der Waals surface area contributed by atoms with Crippen LogP contribution < -0.4 is 10.2 Å². The van der Waals surface area contributed by atoms with Crippen LogP contribution >= 0.6 is 0 Å². The van der Waals surface area contributed by atoms with Crippen molar-refractivity contribution in [1.82, 2.24) is 10.2 Å². The summed E-state index contributed by atoms with van der Waals surface area (Å²) in [4.78, 5) is 41.7. The van der Waals surface area contributed by atoms with Crippen LogP contribution in [0.2, 0.25) is 0 Å². The molecule has 2 aliphatic heterocycles. The minimum Gasteiger partial charge on any atom is -0.461 e. The molecule has 5 aromatic rings. The van der Waals surface area contributed by atoms with E-state index in [9.17, 15) is 14.4 Å². The molecule has 8 nitrogen and oxygen atoms in total. The van der Waals surface area contributed by atoms with E-state index in [2.05, 4.69) is 165 Å². The average Bonchev–Trinajstić information content (AvgIpc) is 3.70. The van der Waals surface area contributed by atoms with Crippen LogP contribution in [-0.2, 0) is 36.6 Å². The zero-order valence-electron chi connectivity index (χ0n) is 41.2. The summed E-state index contributed by atoms with van der Waals surface area (Å²) in [5, 5.41) is 7.98. The molecule has 2 aliphatic rings. The largest absolute Gasteiger partial charge is 0.461 e. The van der Waals surface area contributed by atoms with Gasteiger partial charge in [-0.15, -0.1) is 0 Å². The van der Waals surface area contributed by atoms with Crippen LogP contribution in [0.1, 0.15) is 109 Å².